The third-order valence-electron chi connectivity index (χ3n) is 4.78. The summed E-state index contributed by atoms with van der Waals surface area (Å²) in [5.41, 5.74) is 2.08. The minimum Gasteiger partial charge on any atom is -0.342 e. The number of rotatable bonds is 10. The van der Waals surface area contributed by atoms with Gasteiger partial charge in [-0.3, -0.25) is 9.59 Å². The Kier molecular flexibility index (Phi) is 8.93. The Labute approximate surface area is 201 Å². The molecule has 3 rings (SSSR count). The van der Waals surface area contributed by atoms with Gasteiger partial charge in [-0.25, -0.2) is 0 Å². The average Bonchev–Trinajstić information content (AvgIpc) is 3.24. The number of anilines is 1. The maximum absolute atomic E-state index is 12.8. The number of benzene rings is 2. The van der Waals surface area contributed by atoms with E-state index in [0.717, 1.165) is 20.6 Å². The third kappa shape index (κ3) is 7.53. The lowest BCUT2D eigenvalue weighted by atomic mass is 10.1. The van der Waals surface area contributed by atoms with Crippen molar-refractivity contribution in [1.29, 1.82) is 0 Å². The number of amides is 2. The van der Waals surface area contributed by atoms with Crippen LogP contribution in [0.3, 0.4) is 0 Å². The van der Waals surface area contributed by atoms with Gasteiger partial charge in [-0.15, -0.1) is 10.2 Å². The maximum atomic E-state index is 12.8. The zero-order chi connectivity index (χ0) is 22.9. The lowest BCUT2D eigenvalue weighted by Gasteiger charge is -2.24. The standard InChI is InChI=1S/C24H27BrN4O2S/c1-17(2)16-29(22(31)13-8-18-6-4-3-5-7-18)15-14-21(30)26-24-28-27-23(32-24)19-9-11-20(25)12-10-19/h3-7,9-12,17H,8,13-16H2,1-2H3,(H,26,28,30). The number of halogens is 1. The van der Waals surface area contributed by atoms with E-state index in [1.165, 1.54) is 11.3 Å². The van der Waals surface area contributed by atoms with Crippen LogP contribution in [0.1, 0.15) is 32.3 Å². The number of aryl methyl sites for hydroxylation is 1. The maximum Gasteiger partial charge on any atom is 0.227 e. The van der Waals surface area contributed by atoms with Crippen LogP contribution in [-0.4, -0.2) is 40.0 Å². The second kappa shape index (κ2) is 11.9. The summed E-state index contributed by atoms with van der Waals surface area (Å²) in [6.07, 6.45) is 1.35. The summed E-state index contributed by atoms with van der Waals surface area (Å²) in [5.74, 6) is 0.229. The van der Waals surface area contributed by atoms with E-state index in [1.807, 2.05) is 54.6 Å². The van der Waals surface area contributed by atoms with Gasteiger partial charge in [0.15, 0.2) is 0 Å². The lowest BCUT2D eigenvalue weighted by molar-refractivity contribution is -0.132. The molecule has 0 saturated carbocycles. The van der Waals surface area contributed by atoms with Gasteiger partial charge in [0.25, 0.3) is 0 Å². The molecule has 0 aliphatic heterocycles. The molecule has 0 aliphatic rings. The van der Waals surface area contributed by atoms with Gasteiger partial charge in [0.2, 0.25) is 16.9 Å². The molecule has 2 aromatic carbocycles. The number of hydrogen-bond donors (Lipinski definition) is 1. The molecule has 1 aromatic heterocycles. The van der Waals surface area contributed by atoms with Crippen LogP contribution in [0.15, 0.2) is 59.1 Å². The fourth-order valence-electron chi connectivity index (χ4n) is 3.21. The Morgan fingerprint density at radius 2 is 1.75 bits per heavy atom. The summed E-state index contributed by atoms with van der Waals surface area (Å²) in [7, 11) is 0. The summed E-state index contributed by atoms with van der Waals surface area (Å²) in [6.45, 7) is 5.16. The quantitative estimate of drug-likeness (QED) is 0.392. The summed E-state index contributed by atoms with van der Waals surface area (Å²) in [4.78, 5) is 27.0. The van der Waals surface area contributed by atoms with Crippen LogP contribution >= 0.6 is 27.3 Å². The van der Waals surface area contributed by atoms with Crippen LogP contribution in [0.25, 0.3) is 10.6 Å². The van der Waals surface area contributed by atoms with Gasteiger partial charge in [0.1, 0.15) is 5.01 Å². The van der Waals surface area contributed by atoms with Gasteiger partial charge in [-0.05, 0) is 30.0 Å². The van der Waals surface area contributed by atoms with Crippen LogP contribution < -0.4 is 5.32 Å². The van der Waals surface area contributed by atoms with Gasteiger partial charge in [-0.2, -0.15) is 0 Å². The molecule has 1 heterocycles. The van der Waals surface area contributed by atoms with E-state index < -0.39 is 0 Å². The molecule has 0 atom stereocenters. The third-order valence-corrected chi connectivity index (χ3v) is 6.20. The molecule has 168 valence electrons. The predicted molar refractivity (Wildman–Crippen MR) is 132 cm³/mol. The van der Waals surface area contributed by atoms with Crippen molar-refractivity contribution in [2.24, 2.45) is 5.92 Å². The number of nitrogens with one attached hydrogen (secondary N) is 1. The smallest absolute Gasteiger partial charge is 0.227 e. The lowest BCUT2D eigenvalue weighted by Crippen LogP contribution is -2.36. The van der Waals surface area contributed by atoms with Crippen molar-refractivity contribution in [2.45, 2.75) is 33.1 Å². The van der Waals surface area contributed by atoms with Crippen molar-refractivity contribution in [3.8, 4) is 10.6 Å². The van der Waals surface area contributed by atoms with Gasteiger partial charge in [0.05, 0.1) is 0 Å². The molecule has 3 aromatic rings. The first-order chi connectivity index (χ1) is 15.4. The Hall–Kier alpha value is -2.58. The first kappa shape index (κ1) is 24.1. The van der Waals surface area contributed by atoms with E-state index in [0.29, 0.717) is 37.0 Å². The van der Waals surface area contributed by atoms with Crippen molar-refractivity contribution in [1.82, 2.24) is 15.1 Å². The molecule has 8 heteroatoms. The molecule has 32 heavy (non-hydrogen) atoms. The van der Waals surface area contributed by atoms with Gasteiger partial charge >= 0.3 is 0 Å². The number of carbonyl (C=O) groups excluding carboxylic acids is 2. The summed E-state index contributed by atoms with van der Waals surface area (Å²) in [6, 6.07) is 17.7. The SMILES string of the molecule is CC(C)CN(CCC(=O)Nc1nnc(-c2ccc(Br)cc2)s1)C(=O)CCc1ccccc1. The van der Waals surface area contributed by atoms with Gasteiger partial charge in [0, 0.05) is 36.0 Å². The van der Waals surface area contributed by atoms with E-state index in [1.54, 1.807) is 4.90 Å². The highest BCUT2D eigenvalue weighted by molar-refractivity contribution is 9.10. The number of carbonyl (C=O) groups is 2. The van der Waals surface area contributed by atoms with Gasteiger partial charge in [-0.1, -0.05) is 83.6 Å². The minimum atomic E-state index is -0.173. The second-order valence-corrected chi connectivity index (χ2v) is 9.83. The van der Waals surface area contributed by atoms with Crippen LogP contribution in [0, 0.1) is 5.92 Å². The fourth-order valence-corrected chi connectivity index (χ4v) is 4.24. The van der Waals surface area contributed by atoms with Crippen molar-refractivity contribution in [2.75, 3.05) is 18.4 Å². The molecular formula is C24H27BrN4O2S. The van der Waals surface area contributed by atoms with E-state index >= 15 is 0 Å². The summed E-state index contributed by atoms with van der Waals surface area (Å²) in [5, 5.41) is 12.2. The highest BCUT2D eigenvalue weighted by Gasteiger charge is 2.17. The van der Waals surface area contributed by atoms with Crippen LogP contribution in [0.4, 0.5) is 5.13 Å². The topological polar surface area (TPSA) is 75.2 Å². The zero-order valence-corrected chi connectivity index (χ0v) is 20.7. The minimum absolute atomic E-state index is 0.0730. The Bertz CT molecular complexity index is 1020. The molecule has 0 saturated heterocycles. The van der Waals surface area contributed by atoms with Gasteiger partial charge < -0.3 is 10.2 Å². The number of nitrogens with zero attached hydrogens (tertiary/aromatic N) is 3. The van der Waals surface area contributed by atoms with Crippen molar-refractivity contribution in [3.05, 3.63) is 64.6 Å². The fraction of sp³-hybridized carbons (Fsp3) is 0.333. The summed E-state index contributed by atoms with van der Waals surface area (Å²) < 4.78 is 0.989. The monoisotopic (exact) mass is 514 g/mol. The first-order valence-electron chi connectivity index (χ1n) is 10.6. The number of aromatic nitrogens is 2. The molecule has 0 aliphatic carbocycles. The molecule has 0 unspecified atom stereocenters. The molecule has 6 nitrogen and oxygen atoms in total. The Morgan fingerprint density at radius 3 is 2.44 bits per heavy atom. The molecule has 0 spiro atoms. The molecule has 1 N–H and O–H groups in total. The van der Waals surface area contributed by atoms with Crippen LogP contribution in [-0.2, 0) is 16.0 Å². The second-order valence-electron chi connectivity index (χ2n) is 7.94. The molecule has 0 radical (unpaired) electrons. The molecular weight excluding hydrogens is 488 g/mol. The Balaban J connectivity index is 1.52. The highest BCUT2D eigenvalue weighted by atomic mass is 79.9. The largest absolute Gasteiger partial charge is 0.342 e. The number of hydrogen-bond acceptors (Lipinski definition) is 5. The van der Waals surface area contributed by atoms with Crippen molar-refractivity contribution >= 4 is 44.2 Å². The van der Waals surface area contributed by atoms with Crippen molar-refractivity contribution in [3.63, 3.8) is 0 Å². The molecule has 0 fully saturated rings. The van der Waals surface area contributed by atoms with Crippen LogP contribution in [0.5, 0.6) is 0 Å². The first-order valence-corrected chi connectivity index (χ1v) is 12.2. The normalized spacial score (nSPS) is 10.9. The van der Waals surface area contributed by atoms with E-state index in [-0.39, 0.29) is 18.2 Å². The predicted octanol–water partition coefficient (Wildman–Crippen LogP) is 5.41. The van der Waals surface area contributed by atoms with E-state index in [4.69, 9.17) is 0 Å². The zero-order valence-electron chi connectivity index (χ0n) is 18.3. The Morgan fingerprint density at radius 1 is 1.03 bits per heavy atom. The average molecular weight is 515 g/mol. The highest BCUT2D eigenvalue weighted by Crippen LogP contribution is 2.27. The molecule has 2 amide bonds. The van der Waals surface area contributed by atoms with Crippen molar-refractivity contribution < 1.29 is 9.59 Å². The van der Waals surface area contributed by atoms with E-state index in [9.17, 15) is 9.59 Å². The van der Waals surface area contributed by atoms with Crippen LogP contribution in [0.2, 0.25) is 0 Å². The summed E-state index contributed by atoms with van der Waals surface area (Å²) >= 11 is 4.74. The van der Waals surface area contributed by atoms with E-state index in [2.05, 4.69) is 45.3 Å². The molecule has 0 bridgehead atoms.